The van der Waals surface area contributed by atoms with Gasteiger partial charge in [0, 0.05) is 12.0 Å². The molecule has 1 aliphatic rings. The van der Waals surface area contributed by atoms with Crippen molar-refractivity contribution in [2.24, 2.45) is 0 Å². The second-order valence-electron chi connectivity index (χ2n) is 5.09. The summed E-state index contributed by atoms with van der Waals surface area (Å²) in [5, 5.41) is 3.55. The minimum atomic E-state index is -0.364. The van der Waals surface area contributed by atoms with E-state index < -0.39 is 0 Å². The third kappa shape index (κ3) is 3.12. The van der Waals surface area contributed by atoms with Crippen molar-refractivity contribution in [3.63, 3.8) is 0 Å². The molecule has 1 heterocycles. The van der Waals surface area contributed by atoms with Gasteiger partial charge in [-0.2, -0.15) is 0 Å². The molecule has 0 amide bonds. The van der Waals surface area contributed by atoms with Crippen LogP contribution in [0.5, 0.6) is 5.75 Å². The molecule has 0 saturated carbocycles. The Morgan fingerprint density at radius 2 is 2.20 bits per heavy atom. The number of hydrogen-bond donors (Lipinski definition) is 1. The first-order valence-electron chi connectivity index (χ1n) is 7.35. The number of hydrogen-bond acceptors (Lipinski definition) is 4. The number of nitrogens with one attached hydrogen (secondary N) is 1. The summed E-state index contributed by atoms with van der Waals surface area (Å²) in [5.41, 5.74) is 0.699. The Labute approximate surface area is 120 Å². The Morgan fingerprint density at radius 1 is 1.40 bits per heavy atom. The molecule has 0 fully saturated rings. The molecule has 1 atom stereocenters. The second kappa shape index (κ2) is 6.75. The molecule has 110 valence electrons. The van der Waals surface area contributed by atoms with Crippen molar-refractivity contribution in [1.82, 2.24) is 5.32 Å². The van der Waals surface area contributed by atoms with Gasteiger partial charge in [0.2, 0.25) is 0 Å². The Hall–Kier alpha value is -1.55. The molecule has 4 heteroatoms. The Balaban J connectivity index is 2.30. The maximum atomic E-state index is 12.0. The Kier molecular flexibility index (Phi) is 5.01. The Morgan fingerprint density at radius 3 is 2.95 bits per heavy atom. The predicted octanol–water partition coefficient (Wildman–Crippen LogP) is 2.62. The monoisotopic (exact) mass is 277 g/mol. The van der Waals surface area contributed by atoms with Gasteiger partial charge in [0.25, 0.3) is 0 Å². The molecule has 0 bridgehead atoms. The third-order valence-corrected chi connectivity index (χ3v) is 3.65. The van der Waals surface area contributed by atoms with E-state index in [0.29, 0.717) is 19.6 Å². The van der Waals surface area contributed by atoms with Crippen molar-refractivity contribution < 1.29 is 14.3 Å². The quantitative estimate of drug-likeness (QED) is 0.812. The average molecular weight is 277 g/mol. The van der Waals surface area contributed by atoms with E-state index in [9.17, 15) is 4.79 Å². The third-order valence-electron chi connectivity index (χ3n) is 3.65. The largest absolute Gasteiger partial charge is 0.493 e. The summed E-state index contributed by atoms with van der Waals surface area (Å²) in [6.07, 6.45) is 2.15. The average Bonchev–Trinajstić information content (AvgIpc) is 2.46. The van der Waals surface area contributed by atoms with Gasteiger partial charge < -0.3 is 14.8 Å². The lowest BCUT2D eigenvalue weighted by Crippen LogP contribution is -2.48. The molecule has 1 N–H and O–H groups in total. The zero-order valence-corrected chi connectivity index (χ0v) is 12.3. The van der Waals surface area contributed by atoms with Crippen LogP contribution in [-0.2, 0) is 15.1 Å². The molecule has 0 spiro atoms. The molecule has 0 aliphatic carbocycles. The SMILES string of the molecule is CCCNC1(CC(=O)OCC)CCOc2ccccc21. The molecule has 1 aromatic carbocycles. The number of ether oxygens (including phenoxy) is 2. The van der Waals surface area contributed by atoms with Crippen molar-refractivity contribution in [1.29, 1.82) is 0 Å². The summed E-state index contributed by atoms with van der Waals surface area (Å²) in [6.45, 7) is 5.86. The highest BCUT2D eigenvalue weighted by molar-refractivity contribution is 5.72. The first-order chi connectivity index (χ1) is 9.72. The van der Waals surface area contributed by atoms with Crippen molar-refractivity contribution in [2.45, 2.75) is 38.6 Å². The number of benzene rings is 1. The molecule has 0 saturated heterocycles. The summed E-state index contributed by atoms with van der Waals surface area (Å²) >= 11 is 0. The highest BCUT2D eigenvalue weighted by Gasteiger charge is 2.39. The zero-order chi connectivity index (χ0) is 14.4. The second-order valence-corrected chi connectivity index (χ2v) is 5.09. The van der Waals surface area contributed by atoms with Gasteiger partial charge in [0.1, 0.15) is 5.75 Å². The summed E-state index contributed by atoms with van der Waals surface area (Å²) in [7, 11) is 0. The van der Waals surface area contributed by atoms with Crippen LogP contribution in [0.25, 0.3) is 0 Å². The van der Waals surface area contributed by atoms with E-state index in [4.69, 9.17) is 9.47 Å². The van der Waals surface area contributed by atoms with E-state index in [2.05, 4.69) is 12.2 Å². The number of fused-ring (bicyclic) bond motifs is 1. The lowest BCUT2D eigenvalue weighted by molar-refractivity contribution is -0.145. The smallest absolute Gasteiger partial charge is 0.308 e. The van der Waals surface area contributed by atoms with Crippen LogP contribution < -0.4 is 10.1 Å². The molecule has 1 aromatic rings. The summed E-state index contributed by atoms with van der Waals surface area (Å²) in [5.74, 6) is 0.708. The molecular weight excluding hydrogens is 254 g/mol. The van der Waals surface area contributed by atoms with E-state index >= 15 is 0 Å². The fourth-order valence-corrected chi connectivity index (χ4v) is 2.71. The first kappa shape index (κ1) is 14.9. The van der Waals surface area contributed by atoms with Gasteiger partial charge in [0.15, 0.2) is 0 Å². The highest BCUT2D eigenvalue weighted by atomic mass is 16.5. The molecule has 0 aromatic heterocycles. The van der Waals surface area contributed by atoms with E-state index in [1.807, 2.05) is 31.2 Å². The van der Waals surface area contributed by atoms with Gasteiger partial charge in [0.05, 0.1) is 25.2 Å². The summed E-state index contributed by atoms with van der Waals surface area (Å²) < 4.78 is 10.9. The maximum Gasteiger partial charge on any atom is 0.308 e. The molecule has 0 radical (unpaired) electrons. The number of carbonyl (C=O) groups is 1. The lowest BCUT2D eigenvalue weighted by Gasteiger charge is -2.39. The molecular formula is C16H23NO3. The minimum absolute atomic E-state index is 0.159. The minimum Gasteiger partial charge on any atom is -0.493 e. The number of esters is 1. The molecule has 1 aliphatic heterocycles. The molecule has 2 rings (SSSR count). The van der Waals surface area contributed by atoms with Crippen molar-refractivity contribution in [3.05, 3.63) is 29.8 Å². The van der Waals surface area contributed by atoms with Crippen LogP contribution in [0.15, 0.2) is 24.3 Å². The van der Waals surface area contributed by atoms with E-state index in [1.54, 1.807) is 0 Å². The zero-order valence-electron chi connectivity index (χ0n) is 12.3. The normalized spacial score (nSPS) is 20.9. The summed E-state index contributed by atoms with van der Waals surface area (Å²) in [6, 6.07) is 7.94. The van der Waals surface area contributed by atoms with Gasteiger partial charge in [-0.05, 0) is 26.0 Å². The number of carbonyl (C=O) groups excluding carboxylic acids is 1. The van der Waals surface area contributed by atoms with Gasteiger partial charge in [-0.15, -0.1) is 0 Å². The van der Waals surface area contributed by atoms with Gasteiger partial charge in [-0.1, -0.05) is 25.1 Å². The van der Waals surface area contributed by atoms with E-state index in [0.717, 1.165) is 30.7 Å². The van der Waals surface area contributed by atoms with Gasteiger partial charge in [-0.25, -0.2) is 0 Å². The van der Waals surface area contributed by atoms with Gasteiger partial charge in [-0.3, -0.25) is 4.79 Å². The molecule has 4 nitrogen and oxygen atoms in total. The van der Waals surface area contributed by atoms with Crippen molar-refractivity contribution in [3.8, 4) is 5.75 Å². The van der Waals surface area contributed by atoms with Crippen molar-refractivity contribution in [2.75, 3.05) is 19.8 Å². The van der Waals surface area contributed by atoms with Crippen LogP contribution in [0.2, 0.25) is 0 Å². The highest BCUT2D eigenvalue weighted by Crippen LogP contribution is 2.39. The molecule has 20 heavy (non-hydrogen) atoms. The summed E-state index contributed by atoms with van der Waals surface area (Å²) in [4.78, 5) is 12.0. The van der Waals surface area contributed by atoms with Crippen LogP contribution in [0.4, 0.5) is 0 Å². The van der Waals surface area contributed by atoms with Crippen LogP contribution >= 0.6 is 0 Å². The van der Waals surface area contributed by atoms with Crippen molar-refractivity contribution >= 4 is 5.97 Å². The Bertz CT molecular complexity index is 461. The van der Waals surface area contributed by atoms with Gasteiger partial charge >= 0.3 is 5.97 Å². The van der Waals surface area contributed by atoms with E-state index in [1.165, 1.54) is 0 Å². The van der Waals surface area contributed by atoms with E-state index in [-0.39, 0.29) is 11.5 Å². The maximum absolute atomic E-state index is 12.0. The number of rotatable bonds is 6. The van der Waals surface area contributed by atoms with Crippen LogP contribution in [0.3, 0.4) is 0 Å². The van der Waals surface area contributed by atoms with Crippen LogP contribution in [0.1, 0.15) is 38.7 Å². The van der Waals surface area contributed by atoms with Crippen LogP contribution in [-0.4, -0.2) is 25.7 Å². The lowest BCUT2D eigenvalue weighted by atomic mass is 9.81. The predicted molar refractivity (Wildman–Crippen MR) is 77.8 cm³/mol. The number of para-hydroxylation sites is 1. The topological polar surface area (TPSA) is 47.6 Å². The fraction of sp³-hybridized carbons (Fsp3) is 0.562. The standard InChI is InChI=1S/C16H23NO3/c1-3-10-17-16(12-15(18)19-4-2)9-11-20-14-8-6-5-7-13(14)16/h5-8,17H,3-4,9-12H2,1-2H3. The molecule has 1 unspecified atom stereocenters. The van der Waals surface area contributed by atoms with Crippen LogP contribution in [0, 0.1) is 0 Å². The first-order valence-corrected chi connectivity index (χ1v) is 7.35. The fourth-order valence-electron chi connectivity index (χ4n) is 2.71.